The second-order valence-corrected chi connectivity index (χ2v) is 5.20. The monoisotopic (exact) mass is 284 g/mol. The van der Waals surface area contributed by atoms with Crippen LogP contribution in [0.4, 0.5) is 11.4 Å². The average molecular weight is 284 g/mol. The lowest BCUT2D eigenvalue weighted by atomic mass is 10.2. The Morgan fingerprint density at radius 1 is 1.14 bits per heavy atom. The second-order valence-electron chi connectivity index (χ2n) is 5.20. The Morgan fingerprint density at radius 2 is 1.76 bits per heavy atom. The minimum Gasteiger partial charge on any atom is -0.326 e. The minimum absolute atomic E-state index is 0.0702. The first-order valence-electron chi connectivity index (χ1n) is 6.86. The maximum Gasteiger partial charge on any atom is 0.259 e. The highest BCUT2D eigenvalue weighted by Crippen LogP contribution is 2.30. The van der Waals surface area contributed by atoms with Crippen LogP contribution in [0, 0.1) is 12.8 Å². The molecule has 0 bridgehead atoms. The van der Waals surface area contributed by atoms with Crippen molar-refractivity contribution in [3.05, 3.63) is 41.7 Å². The Bertz CT molecular complexity index is 671. The maximum atomic E-state index is 12.0. The van der Waals surface area contributed by atoms with Crippen molar-refractivity contribution in [3.63, 3.8) is 0 Å². The Hall–Kier alpha value is -2.63. The summed E-state index contributed by atoms with van der Waals surface area (Å²) in [6, 6.07) is 7.07. The van der Waals surface area contributed by atoms with Gasteiger partial charge in [0.1, 0.15) is 0 Å². The predicted octanol–water partition coefficient (Wildman–Crippen LogP) is 2.32. The molecule has 1 saturated carbocycles. The molecule has 2 aromatic rings. The van der Waals surface area contributed by atoms with Gasteiger partial charge < -0.3 is 10.6 Å². The first kappa shape index (κ1) is 13.4. The summed E-state index contributed by atoms with van der Waals surface area (Å²) in [5.74, 6) is 0.0327. The van der Waals surface area contributed by atoms with Gasteiger partial charge in [-0.3, -0.25) is 14.7 Å². The molecule has 0 atom stereocenters. The molecule has 0 unspecified atom stereocenters. The van der Waals surface area contributed by atoms with Crippen molar-refractivity contribution in [3.8, 4) is 0 Å². The van der Waals surface area contributed by atoms with E-state index in [1.165, 1.54) is 6.20 Å². The van der Waals surface area contributed by atoms with Gasteiger partial charge in [0.25, 0.3) is 5.91 Å². The molecule has 1 heterocycles. The van der Waals surface area contributed by atoms with E-state index in [0.29, 0.717) is 11.3 Å². The van der Waals surface area contributed by atoms with Gasteiger partial charge in [0.2, 0.25) is 5.91 Å². The molecule has 6 heteroatoms. The number of aromatic nitrogens is 2. The number of nitrogens with one attached hydrogen (secondary N) is 3. The quantitative estimate of drug-likeness (QED) is 0.805. The SMILES string of the molecule is Cc1[nH]ncc1C(=O)Nc1ccc(NC(=O)C2CC2)cc1. The van der Waals surface area contributed by atoms with Crippen LogP contribution in [0.3, 0.4) is 0 Å². The maximum absolute atomic E-state index is 12.0. The normalized spacial score (nSPS) is 13.8. The van der Waals surface area contributed by atoms with Gasteiger partial charge in [-0.15, -0.1) is 0 Å². The number of carbonyl (C=O) groups excluding carboxylic acids is 2. The topological polar surface area (TPSA) is 86.9 Å². The molecule has 6 nitrogen and oxygen atoms in total. The third-order valence-electron chi connectivity index (χ3n) is 3.43. The van der Waals surface area contributed by atoms with Crippen molar-refractivity contribution in [2.75, 3.05) is 10.6 Å². The standard InChI is InChI=1S/C15H16N4O2/c1-9-13(8-16-19-9)15(21)18-12-6-4-11(5-7-12)17-14(20)10-2-3-10/h4-8,10H,2-3H2,1H3,(H,16,19)(H,17,20)(H,18,21). The van der Waals surface area contributed by atoms with Gasteiger partial charge in [0.15, 0.2) is 0 Å². The summed E-state index contributed by atoms with van der Waals surface area (Å²) >= 11 is 0. The van der Waals surface area contributed by atoms with Gasteiger partial charge >= 0.3 is 0 Å². The number of anilines is 2. The molecule has 2 amide bonds. The number of hydrogen-bond acceptors (Lipinski definition) is 3. The van der Waals surface area contributed by atoms with Crippen LogP contribution < -0.4 is 10.6 Å². The number of rotatable bonds is 4. The van der Waals surface area contributed by atoms with E-state index in [1.54, 1.807) is 31.2 Å². The van der Waals surface area contributed by atoms with E-state index >= 15 is 0 Å². The summed E-state index contributed by atoms with van der Waals surface area (Å²) in [5, 5.41) is 12.2. The summed E-state index contributed by atoms with van der Waals surface area (Å²) in [4.78, 5) is 23.7. The zero-order valence-electron chi connectivity index (χ0n) is 11.6. The number of aryl methyl sites for hydroxylation is 1. The van der Waals surface area contributed by atoms with E-state index in [2.05, 4.69) is 20.8 Å². The van der Waals surface area contributed by atoms with E-state index in [9.17, 15) is 9.59 Å². The van der Waals surface area contributed by atoms with Gasteiger partial charge in [0, 0.05) is 23.0 Å². The number of nitrogens with zero attached hydrogens (tertiary/aromatic N) is 1. The molecule has 3 N–H and O–H groups in total. The number of H-pyrrole nitrogens is 1. The smallest absolute Gasteiger partial charge is 0.259 e. The largest absolute Gasteiger partial charge is 0.326 e. The van der Waals surface area contributed by atoms with Gasteiger partial charge in [-0.1, -0.05) is 0 Å². The zero-order valence-corrected chi connectivity index (χ0v) is 11.6. The van der Waals surface area contributed by atoms with E-state index in [-0.39, 0.29) is 17.7 Å². The molecule has 0 saturated heterocycles. The fourth-order valence-electron chi connectivity index (χ4n) is 2.00. The Labute approximate surface area is 121 Å². The molecule has 0 radical (unpaired) electrons. The molecule has 108 valence electrons. The van der Waals surface area contributed by atoms with Crippen molar-refractivity contribution in [2.24, 2.45) is 5.92 Å². The van der Waals surface area contributed by atoms with Crippen molar-refractivity contribution in [1.29, 1.82) is 0 Å². The van der Waals surface area contributed by atoms with Crippen LogP contribution in [0.1, 0.15) is 28.9 Å². The third-order valence-corrected chi connectivity index (χ3v) is 3.43. The fraction of sp³-hybridized carbons (Fsp3) is 0.267. The van der Waals surface area contributed by atoms with Crippen molar-refractivity contribution >= 4 is 23.2 Å². The number of carbonyl (C=O) groups is 2. The van der Waals surface area contributed by atoms with Crippen LogP contribution in [0.2, 0.25) is 0 Å². The average Bonchev–Trinajstić information content (AvgIpc) is 3.23. The minimum atomic E-state index is -0.212. The van der Waals surface area contributed by atoms with Crippen LogP contribution in [-0.2, 0) is 4.79 Å². The lowest BCUT2D eigenvalue weighted by Gasteiger charge is -2.07. The van der Waals surface area contributed by atoms with Crippen LogP contribution in [0.5, 0.6) is 0 Å². The lowest BCUT2D eigenvalue weighted by molar-refractivity contribution is -0.117. The second kappa shape index (κ2) is 5.40. The molecule has 21 heavy (non-hydrogen) atoms. The molecule has 1 fully saturated rings. The molecule has 1 aromatic heterocycles. The van der Waals surface area contributed by atoms with Crippen molar-refractivity contribution < 1.29 is 9.59 Å². The molecule has 0 aliphatic heterocycles. The van der Waals surface area contributed by atoms with Gasteiger partial charge in [0.05, 0.1) is 11.8 Å². The number of hydrogen-bond donors (Lipinski definition) is 3. The predicted molar refractivity (Wildman–Crippen MR) is 79.1 cm³/mol. The molecule has 1 aromatic carbocycles. The van der Waals surface area contributed by atoms with E-state index in [0.717, 1.165) is 24.2 Å². The summed E-state index contributed by atoms with van der Waals surface area (Å²) < 4.78 is 0. The molecule has 3 rings (SSSR count). The highest BCUT2D eigenvalue weighted by atomic mass is 16.2. The summed E-state index contributed by atoms with van der Waals surface area (Å²) in [6.07, 6.45) is 3.45. The highest BCUT2D eigenvalue weighted by molar-refractivity contribution is 6.05. The van der Waals surface area contributed by atoms with Crippen LogP contribution in [-0.4, -0.2) is 22.0 Å². The number of benzene rings is 1. The number of aromatic amines is 1. The third kappa shape index (κ3) is 3.10. The Morgan fingerprint density at radius 3 is 2.29 bits per heavy atom. The van der Waals surface area contributed by atoms with Gasteiger partial charge in [-0.2, -0.15) is 5.10 Å². The van der Waals surface area contributed by atoms with E-state index < -0.39 is 0 Å². The van der Waals surface area contributed by atoms with Crippen LogP contribution in [0.15, 0.2) is 30.5 Å². The fourth-order valence-corrected chi connectivity index (χ4v) is 2.00. The van der Waals surface area contributed by atoms with E-state index in [1.807, 2.05) is 0 Å². The molecule has 1 aliphatic carbocycles. The molecule has 0 spiro atoms. The number of amides is 2. The highest BCUT2D eigenvalue weighted by Gasteiger charge is 2.29. The van der Waals surface area contributed by atoms with Crippen LogP contribution >= 0.6 is 0 Å². The van der Waals surface area contributed by atoms with Crippen molar-refractivity contribution in [2.45, 2.75) is 19.8 Å². The zero-order chi connectivity index (χ0) is 14.8. The molecular weight excluding hydrogens is 268 g/mol. The van der Waals surface area contributed by atoms with Crippen LogP contribution in [0.25, 0.3) is 0 Å². The lowest BCUT2D eigenvalue weighted by Crippen LogP contribution is -2.14. The first-order valence-corrected chi connectivity index (χ1v) is 6.86. The molecule has 1 aliphatic rings. The summed E-state index contributed by atoms with van der Waals surface area (Å²) in [7, 11) is 0. The Kier molecular flexibility index (Phi) is 3.43. The van der Waals surface area contributed by atoms with Gasteiger partial charge in [-0.05, 0) is 44.0 Å². The first-order chi connectivity index (χ1) is 10.1. The molecular formula is C15H16N4O2. The van der Waals surface area contributed by atoms with E-state index in [4.69, 9.17) is 0 Å². The summed E-state index contributed by atoms with van der Waals surface area (Å²) in [5.41, 5.74) is 2.65. The van der Waals surface area contributed by atoms with Crippen molar-refractivity contribution in [1.82, 2.24) is 10.2 Å². The summed E-state index contributed by atoms with van der Waals surface area (Å²) in [6.45, 7) is 1.79. The van der Waals surface area contributed by atoms with Gasteiger partial charge in [-0.25, -0.2) is 0 Å². The Balaban J connectivity index is 1.62.